The highest BCUT2D eigenvalue weighted by molar-refractivity contribution is 7.98. The summed E-state index contributed by atoms with van der Waals surface area (Å²) in [5, 5.41) is 0.964. The van der Waals surface area contributed by atoms with Crippen molar-refractivity contribution < 1.29 is 0 Å². The topological polar surface area (TPSA) is 51.0 Å². The number of pyridine rings is 1. The molecule has 3 heterocycles. The number of hydrogen-bond donors (Lipinski definition) is 0. The number of aromatic nitrogens is 3. The largest absolute Gasteiger partial charge is 0.377 e. The number of allylic oxidation sites excluding steroid dienone is 4. The molecule has 0 aliphatic carbocycles. The summed E-state index contributed by atoms with van der Waals surface area (Å²) < 4.78 is 1.65. The second kappa shape index (κ2) is 8.35. The first-order chi connectivity index (χ1) is 13.4. The van der Waals surface area contributed by atoms with Crippen LogP contribution in [0.2, 0.25) is 0 Å². The molecule has 148 valence electrons. The first-order valence-corrected chi connectivity index (χ1v) is 10.7. The second-order valence-electron chi connectivity index (χ2n) is 7.41. The van der Waals surface area contributed by atoms with Crippen molar-refractivity contribution in [2.24, 2.45) is 5.92 Å². The van der Waals surface area contributed by atoms with Crippen molar-refractivity contribution in [3.63, 3.8) is 0 Å². The van der Waals surface area contributed by atoms with Gasteiger partial charge in [-0.3, -0.25) is 9.36 Å². The minimum atomic E-state index is -0.00562. The summed E-state index contributed by atoms with van der Waals surface area (Å²) >= 11 is 1.62. The Hall–Kier alpha value is -2.34. The van der Waals surface area contributed by atoms with Crippen molar-refractivity contribution in [1.82, 2.24) is 14.5 Å². The Bertz CT molecular complexity index is 1000. The highest BCUT2D eigenvalue weighted by Crippen LogP contribution is 2.43. The summed E-state index contributed by atoms with van der Waals surface area (Å²) in [5.74, 6) is 1.01. The zero-order valence-electron chi connectivity index (χ0n) is 17.5. The number of thioether (sulfide) groups is 1. The molecule has 0 fully saturated rings. The molecule has 0 aromatic carbocycles. The van der Waals surface area contributed by atoms with Crippen molar-refractivity contribution in [2.45, 2.75) is 44.9 Å². The maximum Gasteiger partial charge on any atom is 0.262 e. The van der Waals surface area contributed by atoms with Gasteiger partial charge < -0.3 is 4.90 Å². The van der Waals surface area contributed by atoms with E-state index in [0.29, 0.717) is 11.7 Å². The minimum absolute atomic E-state index is 0.00562. The van der Waals surface area contributed by atoms with Crippen LogP contribution in [-0.4, -0.2) is 28.6 Å². The molecule has 0 bridgehead atoms. The predicted molar refractivity (Wildman–Crippen MR) is 119 cm³/mol. The molecule has 2 aromatic heterocycles. The molecule has 0 radical (unpaired) electrons. The lowest BCUT2D eigenvalue weighted by molar-refractivity contribution is 0.829. The van der Waals surface area contributed by atoms with E-state index in [1.165, 1.54) is 0 Å². The number of rotatable bonds is 5. The van der Waals surface area contributed by atoms with Crippen LogP contribution < -0.4 is 10.5 Å². The van der Waals surface area contributed by atoms with Gasteiger partial charge in [0, 0.05) is 31.2 Å². The molecule has 6 heteroatoms. The third kappa shape index (κ3) is 3.78. The van der Waals surface area contributed by atoms with Crippen LogP contribution in [0.15, 0.2) is 40.4 Å². The normalized spacial score (nSPS) is 13.8. The summed E-state index contributed by atoms with van der Waals surface area (Å²) in [4.78, 5) is 24.9. The van der Waals surface area contributed by atoms with Crippen LogP contribution in [0.4, 0.5) is 5.69 Å². The molecule has 0 unspecified atom stereocenters. The van der Waals surface area contributed by atoms with Crippen LogP contribution in [0.1, 0.15) is 39.0 Å². The van der Waals surface area contributed by atoms with Gasteiger partial charge in [-0.05, 0) is 31.4 Å². The summed E-state index contributed by atoms with van der Waals surface area (Å²) in [6, 6.07) is 2.10. The highest BCUT2D eigenvalue weighted by atomic mass is 32.2. The third-order valence-corrected chi connectivity index (χ3v) is 5.75. The van der Waals surface area contributed by atoms with E-state index in [0.717, 1.165) is 45.3 Å². The molecule has 0 saturated heterocycles. The Kier molecular flexibility index (Phi) is 6.08. The van der Waals surface area contributed by atoms with E-state index in [-0.39, 0.29) is 5.56 Å². The van der Waals surface area contributed by atoms with E-state index < -0.39 is 0 Å². The highest BCUT2D eigenvalue weighted by Gasteiger charge is 2.27. The lowest BCUT2D eigenvalue weighted by atomic mass is 10.1. The van der Waals surface area contributed by atoms with Crippen molar-refractivity contribution >= 4 is 23.1 Å². The molecule has 0 spiro atoms. The van der Waals surface area contributed by atoms with Crippen LogP contribution in [-0.2, 0) is 12.2 Å². The summed E-state index contributed by atoms with van der Waals surface area (Å²) in [7, 11) is 4.04. The minimum Gasteiger partial charge on any atom is -0.377 e. The molecule has 28 heavy (non-hydrogen) atoms. The van der Waals surface area contributed by atoms with Gasteiger partial charge in [-0.15, -0.1) is 11.8 Å². The van der Waals surface area contributed by atoms with E-state index in [9.17, 15) is 4.79 Å². The quantitative estimate of drug-likeness (QED) is 0.691. The van der Waals surface area contributed by atoms with E-state index in [1.807, 2.05) is 33.2 Å². The maximum atomic E-state index is 13.3. The van der Waals surface area contributed by atoms with Crippen molar-refractivity contribution in [1.29, 1.82) is 0 Å². The monoisotopic (exact) mass is 396 g/mol. The molecule has 3 rings (SSSR count). The smallest absolute Gasteiger partial charge is 0.262 e. The predicted octanol–water partition coefficient (Wildman–Crippen LogP) is 4.61. The Labute approximate surface area is 171 Å². The van der Waals surface area contributed by atoms with Gasteiger partial charge in [0.15, 0.2) is 0 Å². The standard InChI is InChI=1S/C22H28N4OS/c1-7-15-11-18(25(5)6)19-20-17(12-28-21(19)24-15)22(27)26(13-23-20)16(8-2)10-9-14(3)4/h8-11,13-14H,7,12H2,1-6H3/b10-9-,16-8+. The first kappa shape index (κ1) is 20.4. The summed E-state index contributed by atoms with van der Waals surface area (Å²) in [5.41, 5.74) is 5.43. The summed E-state index contributed by atoms with van der Waals surface area (Å²) in [6.07, 6.45) is 8.55. The molecule has 1 aliphatic rings. The molecule has 0 atom stereocenters. The van der Waals surface area contributed by atoms with Crippen molar-refractivity contribution in [2.75, 3.05) is 19.0 Å². The number of aryl methyl sites for hydroxylation is 1. The number of fused-ring (bicyclic) bond motifs is 3. The van der Waals surface area contributed by atoms with Crippen LogP contribution in [0.5, 0.6) is 0 Å². The number of anilines is 1. The van der Waals surface area contributed by atoms with Gasteiger partial charge in [0.05, 0.1) is 22.5 Å². The van der Waals surface area contributed by atoms with Gasteiger partial charge in [-0.2, -0.15) is 0 Å². The van der Waals surface area contributed by atoms with E-state index in [2.05, 4.69) is 37.8 Å². The average Bonchev–Trinajstić information content (AvgIpc) is 2.68. The van der Waals surface area contributed by atoms with Crippen LogP contribution in [0, 0.1) is 5.92 Å². The average molecular weight is 397 g/mol. The van der Waals surface area contributed by atoms with Gasteiger partial charge in [-0.25, -0.2) is 9.97 Å². The Morgan fingerprint density at radius 2 is 2.14 bits per heavy atom. The van der Waals surface area contributed by atoms with E-state index in [4.69, 9.17) is 9.97 Å². The van der Waals surface area contributed by atoms with Crippen molar-refractivity contribution in [3.05, 3.63) is 52.2 Å². The Morgan fingerprint density at radius 1 is 1.39 bits per heavy atom. The van der Waals surface area contributed by atoms with E-state index >= 15 is 0 Å². The lowest BCUT2D eigenvalue weighted by Gasteiger charge is -2.25. The zero-order valence-corrected chi connectivity index (χ0v) is 18.3. The molecule has 5 nitrogen and oxygen atoms in total. The fraction of sp³-hybridized carbons (Fsp3) is 0.409. The van der Waals surface area contributed by atoms with Gasteiger partial charge >= 0.3 is 0 Å². The Morgan fingerprint density at radius 3 is 2.75 bits per heavy atom. The van der Waals surface area contributed by atoms with Gasteiger partial charge in [0.1, 0.15) is 11.4 Å². The molecular formula is C22H28N4OS. The zero-order chi connectivity index (χ0) is 20.4. The Balaban J connectivity index is 2.18. The molecular weight excluding hydrogens is 368 g/mol. The lowest BCUT2D eigenvalue weighted by Crippen LogP contribution is -2.26. The number of nitrogens with zero attached hydrogens (tertiary/aromatic N) is 4. The molecule has 0 saturated carbocycles. The van der Waals surface area contributed by atoms with Gasteiger partial charge in [0.25, 0.3) is 5.56 Å². The second-order valence-corrected chi connectivity index (χ2v) is 8.38. The third-order valence-electron chi connectivity index (χ3n) is 4.74. The van der Waals surface area contributed by atoms with Crippen LogP contribution >= 0.6 is 11.8 Å². The van der Waals surface area contributed by atoms with Crippen LogP contribution in [0.3, 0.4) is 0 Å². The fourth-order valence-electron chi connectivity index (χ4n) is 3.19. The molecule has 0 N–H and O–H groups in total. The summed E-state index contributed by atoms with van der Waals surface area (Å²) in [6.45, 7) is 8.28. The van der Waals surface area contributed by atoms with Gasteiger partial charge in [-0.1, -0.05) is 32.9 Å². The fourth-order valence-corrected chi connectivity index (χ4v) is 4.26. The van der Waals surface area contributed by atoms with Gasteiger partial charge in [0.2, 0.25) is 0 Å². The van der Waals surface area contributed by atoms with Crippen molar-refractivity contribution in [3.8, 4) is 11.3 Å². The maximum absolute atomic E-state index is 13.3. The molecule has 1 aliphatic heterocycles. The molecule has 0 amide bonds. The molecule has 2 aromatic rings. The van der Waals surface area contributed by atoms with E-state index in [1.54, 1.807) is 22.7 Å². The van der Waals surface area contributed by atoms with Crippen LogP contribution in [0.25, 0.3) is 17.0 Å². The number of hydrogen-bond acceptors (Lipinski definition) is 5. The SMILES string of the molecule is C/C=C(\C=C/C(C)C)n1cnc2c(c1=O)CSc1nc(CC)cc(N(C)C)c1-2. The first-order valence-electron chi connectivity index (χ1n) is 9.67.